The van der Waals surface area contributed by atoms with Crippen LogP contribution in [0.25, 0.3) is 0 Å². The van der Waals surface area contributed by atoms with Crippen molar-refractivity contribution in [3.05, 3.63) is 35.9 Å². The molecule has 0 radical (unpaired) electrons. The molecule has 1 aliphatic rings. The van der Waals surface area contributed by atoms with Gasteiger partial charge in [-0.15, -0.1) is 0 Å². The largest absolute Gasteiger partial charge is 0.355 e. The standard InChI is InChI=1S/C15H22N2O2S/c16-14-7-6-13(10-14)15(18)17-8-9-20(19)11-12-4-2-1-3-5-12/h1-5,13-14H,6-11,16H2,(H,17,18). The first-order valence-electron chi connectivity index (χ1n) is 7.07. The minimum Gasteiger partial charge on any atom is -0.355 e. The van der Waals surface area contributed by atoms with E-state index in [4.69, 9.17) is 5.73 Å². The number of benzene rings is 1. The number of carbonyl (C=O) groups is 1. The number of rotatable bonds is 6. The van der Waals surface area contributed by atoms with Crippen LogP contribution in [-0.4, -0.2) is 28.5 Å². The molecule has 1 aromatic rings. The van der Waals surface area contributed by atoms with Gasteiger partial charge in [-0.05, 0) is 24.8 Å². The van der Waals surface area contributed by atoms with E-state index in [9.17, 15) is 9.00 Å². The van der Waals surface area contributed by atoms with Crippen molar-refractivity contribution in [1.29, 1.82) is 0 Å². The molecule has 2 rings (SSSR count). The first kappa shape index (κ1) is 15.2. The van der Waals surface area contributed by atoms with Gasteiger partial charge in [0.15, 0.2) is 0 Å². The molecular formula is C15H22N2O2S. The quantitative estimate of drug-likeness (QED) is 0.827. The molecule has 3 N–H and O–H groups in total. The van der Waals surface area contributed by atoms with Crippen molar-refractivity contribution in [3.8, 4) is 0 Å². The highest BCUT2D eigenvalue weighted by Crippen LogP contribution is 2.23. The van der Waals surface area contributed by atoms with Gasteiger partial charge in [0.25, 0.3) is 0 Å². The normalized spacial score (nSPS) is 23.4. The number of hydrogen-bond donors (Lipinski definition) is 2. The molecule has 110 valence electrons. The van der Waals surface area contributed by atoms with E-state index in [-0.39, 0.29) is 17.9 Å². The van der Waals surface area contributed by atoms with Crippen LogP contribution in [0.2, 0.25) is 0 Å². The van der Waals surface area contributed by atoms with E-state index < -0.39 is 10.8 Å². The summed E-state index contributed by atoms with van der Waals surface area (Å²) in [4.78, 5) is 11.9. The molecule has 3 unspecified atom stereocenters. The smallest absolute Gasteiger partial charge is 0.223 e. The molecule has 0 aliphatic heterocycles. The molecule has 1 saturated carbocycles. The number of carbonyl (C=O) groups excluding carboxylic acids is 1. The molecule has 1 amide bonds. The molecule has 20 heavy (non-hydrogen) atoms. The SMILES string of the molecule is NC1CCC(C(=O)NCCS(=O)Cc2ccccc2)C1. The van der Waals surface area contributed by atoms with Crippen LogP contribution in [0.15, 0.2) is 30.3 Å². The Balaban J connectivity index is 1.65. The van der Waals surface area contributed by atoms with E-state index in [1.54, 1.807) is 0 Å². The molecule has 3 atom stereocenters. The van der Waals surface area contributed by atoms with Gasteiger partial charge >= 0.3 is 0 Å². The third-order valence-electron chi connectivity index (χ3n) is 3.64. The molecule has 1 aromatic carbocycles. The lowest BCUT2D eigenvalue weighted by molar-refractivity contribution is -0.124. The van der Waals surface area contributed by atoms with Crippen LogP contribution >= 0.6 is 0 Å². The van der Waals surface area contributed by atoms with Gasteiger partial charge in [-0.1, -0.05) is 30.3 Å². The lowest BCUT2D eigenvalue weighted by Crippen LogP contribution is -2.33. The highest BCUT2D eigenvalue weighted by molar-refractivity contribution is 7.84. The Bertz CT molecular complexity index is 464. The average Bonchev–Trinajstić information content (AvgIpc) is 2.86. The summed E-state index contributed by atoms with van der Waals surface area (Å²) in [6, 6.07) is 9.93. The summed E-state index contributed by atoms with van der Waals surface area (Å²) >= 11 is 0. The van der Waals surface area contributed by atoms with Gasteiger partial charge in [0.1, 0.15) is 0 Å². The molecule has 0 heterocycles. The van der Waals surface area contributed by atoms with Crippen LogP contribution in [0, 0.1) is 5.92 Å². The number of hydrogen-bond acceptors (Lipinski definition) is 3. The lowest BCUT2D eigenvalue weighted by atomic mass is 10.1. The van der Waals surface area contributed by atoms with Gasteiger partial charge in [-0.25, -0.2) is 0 Å². The third-order valence-corrected chi connectivity index (χ3v) is 4.96. The lowest BCUT2D eigenvalue weighted by Gasteiger charge is -2.10. The summed E-state index contributed by atoms with van der Waals surface area (Å²) in [5.41, 5.74) is 6.87. The van der Waals surface area contributed by atoms with E-state index in [2.05, 4.69) is 5.32 Å². The van der Waals surface area contributed by atoms with Crippen molar-refractivity contribution < 1.29 is 9.00 Å². The number of nitrogens with two attached hydrogens (primary N) is 1. The van der Waals surface area contributed by atoms with Crippen LogP contribution in [0.5, 0.6) is 0 Å². The van der Waals surface area contributed by atoms with Gasteiger partial charge in [0, 0.05) is 40.8 Å². The first-order valence-corrected chi connectivity index (χ1v) is 8.56. The summed E-state index contributed by atoms with van der Waals surface area (Å²) in [6.45, 7) is 0.476. The Morgan fingerprint density at radius 1 is 1.30 bits per heavy atom. The van der Waals surface area contributed by atoms with E-state index in [1.807, 2.05) is 30.3 Å². The molecule has 0 bridgehead atoms. The zero-order chi connectivity index (χ0) is 14.4. The van der Waals surface area contributed by atoms with Crippen LogP contribution in [0.1, 0.15) is 24.8 Å². The maximum absolute atomic E-state index is 11.9. The Kier molecular flexibility index (Phi) is 5.73. The van der Waals surface area contributed by atoms with Crippen molar-refractivity contribution in [1.82, 2.24) is 5.32 Å². The van der Waals surface area contributed by atoms with Crippen LogP contribution in [-0.2, 0) is 21.3 Å². The summed E-state index contributed by atoms with van der Waals surface area (Å²) < 4.78 is 11.9. The summed E-state index contributed by atoms with van der Waals surface area (Å²) in [7, 11) is -0.935. The van der Waals surface area contributed by atoms with E-state index in [1.165, 1.54) is 0 Å². The monoisotopic (exact) mass is 294 g/mol. The topological polar surface area (TPSA) is 72.2 Å². The van der Waals surface area contributed by atoms with Gasteiger partial charge in [0.2, 0.25) is 5.91 Å². The predicted molar refractivity (Wildman–Crippen MR) is 81.5 cm³/mol. The van der Waals surface area contributed by atoms with Crippen molar-refractivity contribution in [2.24, 2.45) is 11.7 Å². The molecular weight excluding hydrogens is 272 g/mol. The fourth-order valence-corrected chi connectivity index (χ4v) is 3.56. The Morgan fingerprint density at radius 3 is 2.70 bits per heavy atom. The molecule has 1 fully saturated rings. The molecule has 1 aliphatic carbocycles. The van der Waals surface area contributed by atoms with Crippen molar-refractivity contribution in [2.75, 3.05) is 12.3 Å². The minimum atomic E-state index is -0.935. The van der Waals surface area contributed by atoms with Crippen LogP contribution in [0.4, 0.5) is 0 Å². The maximum atomic E-state index is 11.9. The second kappa shape index (κ2) is 7.55. The molecule has 4 nitrogen and oxygen atoms in total. The van der Waals surface area contributed by atoms with Gasteiger partial charge < -0.3 is 11.1 Å². The maximum Gasteiger partial charge on any atom is 0.223 e. The van der Waals surface area contributed by atoms with E-state index >= 15 is 0 Å². The van der Waals surface area contributed by atoms with Crippen LogP contribution < -0.4 is 11.1 Å². The second-order valence-corrected chi connectivity index (χ2v) is 6.91. The van der Waals surface area contributed by atoms with Gasteiger partial charge in [-0.3, -0.25) is 9.00 Å². The summed E-state index contributed by atoms with van der Waals surface area (Å²) in [5, 5.41) is 2.87. The van der Waals surface area contributed by atoms with Crippen molar-refractivity contribution in [3.63, 3.8) is 0 Å². The first-order chi connectivity index (χ1) is 9.65. The van der Waals surface area contributed by atoms with E-state index in [0.29, 0.717) is 18.1 Å². The minimum absolute atomic E-state index is 0.0487. The third kappa shape index (κ3) is 4.72. The Morgan fingerprint density at radius 2 is 2.05 bits per heavy atom. The molecule has 5 heteroatoms. The van der Waals surface area contributed by atoms with Crippen molar-refractivity contribution in [2.45, 2.75) is 31.1 Å². The number of amides is 1. The van der Waals surface area contributed by atoms with Crippen LogP contribution in [0.3, 0.4) is 0 Å². The Labute approximate surface area is 122 Å². The Hall–Kier alpha value is -1.20. The highest BCUT2D eigenvalue weighted by atomic mass is 32.2. The van der Waals surface area contributed by atoms with Gasteiger partial charge in [0.05, 0.1) is 0 Å². The summed E-state index contributed by atoms with van der Waals surface area (Å²) in [5.74, 6) is 1.16. The zero-order valence-electron chi connectivity index (χ0n) is 11.6. The molecule has 0 aromatic heterocycles. The highest BCUT2D eigenvalue weighted by Gasteiger charge is 2.27. The number of nitrogens with one attached hydrogen (secondary N) is 1. The van der Waals surface area contributed by atoms with Crippen molar-refractivity contribution >= 4 is 16.7 Å². The summed E-state index contributed by atoms with van der Waals surface area (Å²) in [6.07, 6.45) is 2.58. The average molecular weight is 294 g/mol. The van der Waals surface area contributed by atoms with Gasteiger partial charge in [-0.2, -0.15) is 0 Å². The fraction of sp³-hybridized carbons (Fsp3) is 0.533. The predicted octanol–water partition coefficient (Wildman–Crippen LogP) is 1.18. The van der Waals surface area contributed by atoms with E-state index in [0.717, 1.165) is 24.8 Å². The zero-order valence-corrected chi connectivity index (χ0v) is 12.4. The molecule has 0 spiro atoms. The second-order valence-electron chi connectivity index (χ2n) is 5.33. The molecule has 0 saturated heterocycles. The fourth-order valence-electron chi connectivity index (χ4n) is 2.52.